The van der Waals surface area contributed by atoms with Gasteiger partial charge in [0.1, 0.15) is 5.60 Å². The van der Waals surface area contributed by atoms with Gasteiger partial charge in [-0.3, -0.25) is 4.79 Å². The van der Waals surface area contributed by atoms with Crippen molar-refractivity contribution in [3.05, 3.63) is 18.2 Å². The molecule has 1 aromatic carbocycles. The molecule has 2 aliphatic heterocycles. The van der Waals surface area contributed by atoms with E-state index in [1.807, 2.05) is 30.0 Å². The first-order chi connectivity index (χ1) is 9.10. The smallest absolute Gasteiger partial charge is 0.258 e. The molecule has 102 valence electrons. The molecule has 0 spiro atoms. The van der Waals surface area contributed by atoms with Crippen LogP contribution >= 0.6 is 11.8 Å². The number of carbonyl (C=O) groups excluding carboxylic acids is 1. The Morgan fingerprint density at radius 1 is 1.53 bits per heavy atom. The maximum absolute atomic E-state index is 12.7. The summed E-state index contributed by atoms with van der Waals surface area (Å²) in [4.78, 5) is 15.7. The van der Waals surface area contributed by atoms with Crippen molar-refractivity contribution < 1.29 is 9.53 Å². The van der Waals surface area contributed by atoms with E-state index >= 15 is 0 Å². The molecule has 0 bridgehead atoms. The Bertz CT molecular complexity index is 512. The summed E-state index contributed by atoms with van der Waals surface area (Å²) >= 11 is 1.77. The molecule has 3 rings (SSSR count). The van der Waals surface area contributed by atoms with Crippen LogP contribution < -0.4 is 10.6 Å². The quantitative estimate of drug-likeness (QED) is 0.801. The fraction of sp³-hybridized carbons (Fsp3) is 0.500. The summed E-state index contributed by atoms with van der Waals surface area (Å²) in [5.41, 5.74) is 6.81. The second kappa shape index (κ2) is 4.72. The van der Waals surface area contributed by atoms with Crippen molar-refractivity contribution in [3.63, 3.8) is 0 Å². The van der Waals surface area contributed by atoms with Crippen LogP contribution in [0.15, 0.2) is 23.1 Å². The first kappa shape index (κ1) is 12.8. The van der Waals surface area contributed by atoms with Crippen LogP contribution in [0.4, 0.5) is 11.4 Å². The Balaban J connectivity index is 1.95. The first-order valence-electron chi connectivity index (χ1n) is 6.58. The summed E-state index contributed by atoms with van der Waals surface area (Å²) < 4.78 is 5.67. The predicted octanol–water partition coefficient (Wildman–Crippen LogP) is 2.28. The van der Waals surface area contributed by atoms with Crippen LogP contribution in [0.25, 0.3) is 0 Å². The van der Waals surface area contributed by atoms with Gasteiger partial charge < -0.3 is 15.4 Å². The van der Waals surface area contributed by atoms with Crippen molar-refractivity contribution >= 4 is 29.0 Å². The average Bonchev–Trinajstić information content (AvgIpc) is 2.85. The second-order valence-electron chi connectivity index (χ2n) is 5.22. The predicted molar refractivity (Wildman–Crippen MR) is 77.5 cm³/mol. The zero-order valence-corrected chi connectivity index (χ0v) is 11.8. The number of hydrogen-bond donors (Lipinski definition) is 1. The number of amides is 1. The molecular formula is C14H18N2O2S. The van der Waals surface area contributed by atoms with Crippen LogP contribution in [0, 0.1) is 0 Å². The molecule has 0 aliphatic carbocycles. The molecule has 0 radical (unpaired) electrons. The van der Waals surface area contributed by atoms with Gasteiger partial charge in [-0.25, -0.2) is 0 Å². The average molecular weight is 278 g/mol. The van der Waals surface area contributed by atoms with Crippen molar-refractivity contribution in [2.24, 2.45) is 0 Å². The molecule has 1 atom stereocenters. The molecular weight excluding hydrogens is 260 g/mol. The zero-order chi connectivity index (χ0) is 13.5. The molecule has 2 N–H and O–H groups in total. The topological polar surface area (TPSA) is 55.6 Å². The molecule has 1 amide bonds. The Labute approximate surface area is 117 Å². The van der Waals surface area contributed by atoms with E-state index in [2.05, 4.69) is 0 Å². The minimum atomic E-state index is -0.663. The van der Waals surface area contributed by atoms with E-state index in [9.17, 15) is 4.79 Å². The third-order valence-electron chi connectivity index (χ3n) is 3.76. The van der Waals surface area contributed by atoms with Crippen LogP contribution in [0.3, 0.4) is 0 Å². The van der Waals surface area contributed by atoms with Gasteiger partial charge in [0.15, 0.2) is 0 Å². The number of hydrogen-bond acceptors (Lipinski definition) is 4. The highest BCUT2D eigenvalue weighted by Gasteiger charge is 2.42. The third kappa shape index (κ3) is 2.21. The van der Waals surface area contributed by atoms with Gasteiger partial charge in [-0.15, -0.1) is 11.8 Å². The summed E-state index contributed by atoms with van der Waals surface area (Å²) in [6, 6.07) is 5.76. The van der Waals surface area contributed by atoms with Crippen molar-refractivity contribution in [3.8, 4) is 0 Å². The Kier molecular flexibility index (Phi) is 3.19. The minimum absolute atomic E-state index is 0.0668. The largest absolute Gasteiger partial charge is 0.399 e. The zero-order valence-electron chi connectivity index (χ0n) is 11.0. The van der Waals surface area contributed by atoms with Crippen LogP contribution in [-0.2, 0) is 9.53 Å². The van der Waals surface area contributed by atoms with E-state index in [4.69, 9.17) is 10.5 Å². The van der Waals surface area contributed by atoms with Gasteiger partial charge in [-0.2, -0.15) is 0 Å². The number of fused-ring (bicyclic) bond motifs is 1. The number of nitrogen functional groups attached to an aromatic ring is 1. The first-order valence-corrected chi connectivity index (χ1v) is 7.57. The van der Waals surface area contributed by atoms with E-state index < -0.39 is 5.60 Å². The van der Waals surface area contributed by atoms with Gasteiger partial charge >= 0.3 is 0 Å². The van der Waals surface area contributed by atoms with Gasteiger partial charge in [0.05, 0.1) is 5.69 Å². The van der Waals surface area contributed by atoms with E-state index in [0.29, 0.717) is 12.3 Å². The van der Waals surface area contributed by atoms with Gasteiger partial charge in [0.25, 0.3) is 5.91 Å². The SMILES string of the molecule is CC1(C(=O)N2CCSc3ccc(N)cc32)CCCO1. The molecule has 1 unspecified atom stereocenters. The lowest BCUT2D eigenvalue weighted by Crippen LogP contribution is -2.48. The summed E-state index contributed by atoms with van der Waals surface area (Å²) in [6.45, 7) is 3.30. The standard InChI is InChI=1S/C14H18N2O2S/c1-14(5-2-7-18-14)13(17)16-6-8-19-12-4-3-10(15)9-11(12)16/h3-4,9H,2,5-8,15H2,1H3. The molecule has 0 aromatic heterocycles. The summed E-state index contributed by atoms with van der Waals surface area (Å²) in [7, 11) is 0. The van der Waals surface area contributed by atoms with E-state index in [0.717, 1.165) is 35.7 Å². The molecule has 4 nitrogen and oxygen atoms in total. The van der Waals surface area contributed by atoms with Crippen LogP contribution in [0.5, 0.6) is 0 Å². The molecule has 5 heteroatoms. The Morgan fingerprint density at radius 2 is 2.37 bits per heavy atom. The normalized spacial score (nSPS) is 26.3. The number of thioether (sulfide) groups is 1. The Morgan fingerprint density at radius 3 is 3.11 bits per heavy atom. The van der Waals surface area contributed by atoms with Crippen LogP contribution in [0.1, 0.15) is 19.8 Å². The monoisotopic (exact) mass is 278 g/mol. The van der Waals surface area contributed by atoms with Gasteiger partial charge in [-0.05, 0) is 38.0 Å². The number of benzene rings is 1. The van der Waals surface area contributed by atoms with Crippen molar-refractivity contribution in [2.45, 2.75) is 30.3 Å². The third-order valence-corrected chi connectivity index (χ3v) is 4.81. The number of anilines is 2. The molecule has 1 saturated heterocycles. The number of nitrogens with two attached hydrogens (primary N) is 1. The lowest BCUT2D eigenvalue weighted by Gasteiger charge is -2.34. The Hall–Kier alpha value is -1.20. The number of ether oxygens (including phenoxy) is 1. The number of nitrogens with zero attached hydrogens (tertiary/aromatic N) is 1. The summed E-state index contributed by atoms with van der Waals surface area (Å²) in [6.07, 6.45) is 1.75. The number of carbonyl (C=O) groups is 1. The highest BCUT2D eigenvalue weighted by Crippen LogP contribution is 2.38. The maximum atomic E-state index is 12.7. The second-order valence-corrected chi connectivity index (χ2v) is 6.35. The van der Waals surface area contributed by atoms with Crippen molar-refractivity contribution in [2.75, 3.05) is 29.5 Å². The molecule has 19 heavy (non-hydrogen) atoms. The van der Waals surface area contributed by atoms with Gasteiger partial charge in [0, 0.05) is 29.5 Å². The molecule has 2 aliphatic rings. The fourth-order valence-corrected chi connectivity index (χ4v) is 3.65. The van der Waals surface area contributed by atoms with Gasteiger partial charge in [-0.1, -0.05) is 0 Å². The van der Waals surface area contributed by atoms with Crippen molar-refractivity contribution in [1.82, 2.24) is 0 Å². The lowest BCUT2D eigenvalue weighted by atomic mass is 10.0. The van der Waals surface area contributed by atoms with Gasteiger partial charge in [0.2, 0.25) is 0 Å². The summed E-state index contributed by atoms with van der Waals surface area (Å²) in [5, 5.41) is 0. The van der Waals surface area contributed by atoms with Crippen LogP contribution in [0.2, 0.25) is 0 Å². The van der Waals surface area contributed by atoms with Crippen molar-refractivity contribution in [1.29, 1.82) is 0 Å². The molecule has 0 saturated carbocycles. The van der Waals surface area contributed by atoms with E-state index in [1.54, 1.807) is 11.8 Å². The molecule has 2 heterocycles. The van der Waals surface area contributed by atoms with E-state index in [-0.39, 0.29) is 5.91 Å². The molecule has 1 aromatic rings. The minimum Gasteiger partial charge on any atom is -0.399 e. The highest BCUT2D eigenvalue weighted by atomic mass is 32.2. The highest BCUT2D eigenvalue weighted by molar-refractivity contribution is 7.99. The molecule has 1 fully saturated rings. The van der Waals surface area contributed by atoms with Crippen LogP contribution in [-0.4, -0.2) is 30.4 Å². The maximum Gasteiger partial charge on any atom is 0.258 e. The fourth-order valence-electron chi connectivity index (χ4n) is 2.68. The lowest BCUT2D eigenvalue weighted by molar-refractivity contribution is -0.136. The summed E-state index contributed by atoms with van der Waals surface area (Å²) in [5.74, 6) is 0.982. The number of rotatable bonds is 1. The van der Waals surface area contributed by atoms with E-state index in [1.165, 1.54) is 0 Å².